The SMILES string of the molecule is CC1(C)c2ccccc2-c2cccc(-c3cccc(-c4ccc5sc6ncc(-c7cccc(-c8cccc9c8C(C)(C)c8ccccc8-9)c7)nc6c5c4)c3)c21. The van der Waals surface area contributed by atoms with Crippen molar-refractivity contribution >= 4 is 31.8 Å². The summed E-state index contributed by atoms with van der Waals surface area (Å²) in [6, 6.07) is 55.9. The largest absolute Gasteiger partial charge is 0.243 e. The maximum absolute atomic E-state index is 5.32. The Morgan fingerprint density at radius 1 is 0.436 bits per heavy atom. The van der Waals surface area contributed by atoms with Gasteiger partial charge in [0.05, 0.1) is 11.9 Å². The number of aromatic nitrogens is 2. The lowest BCUT2D eigenvalue weighted by Gasteiger charge is -2.24. The van der Waals surface area contributed by atoms with E-state index in [0.29, 0.717) is 0 Å². The van der Waals surface area contributed by atoms with E-state index < -0.39 is 0 Å². The fourth-order valence-electron chi connectivity index (χ4n) is 9.74. The molecule has 0 atom stereocenters. The summed E-state index contributed by atoms with van der Waals surface area (Å²) in [6.07, 6.45) is 1.94. The van der Waals surface area contributed by atoms with Gasteiger partial charge in [0.2, 0.25) is 0 Å². The van der Waals surface area contributed by atoms with Crippen LogP contribution in [0.4, 0.5) is 0 Å². The van der Waals surface area contributed by atoms with E-state index in [-0.39, 0.29) is 10.8 Å². The maximum Gasteiger partial charge on any atom is 0.143 e. The van der Waals surface area contributed by atoms with Crippen LogP contribution in [0.2, 0.25) is 0 Å². The zero-order chi connectivity index (χ0) is 37.1. The molecule has 0 spiro atoms. The maximum atomic E-state index is 5.32. The van der Waals surface area contributed by atoms with Crippen molar-refractivity contribution in [2.75, 3.05) is 0 Å². The molecule has 2 aliphatic rings. The van der Waals surface area contributed by atoms with Crippen molar-refractivity contribution in [1.29, 1.82) is 0 Å². The Bertz CT molecular complexity index is 2850. The first kappa shape index (κ1) is 32.3. The number of rotatable bonds is 4. The van der Waals surface area contributed by atoms with E-state index in [1.165, 1.54) is 82.6 Å². The molecule has 0 N–H and O–H groups in total. The molecule has 262 valence electrons. The van der Waals surface area contributed by atoms with Gasteiger partial charge in [-0.3, -0.25) is 0 Å². The van der Waals surface area contributed by atoms with Crippen LogP contribution in [0.25, 0.3) is 87.3 Å². The van der Waals surface area contributed by atoms with Gasteiger partial charge in [0.1, 0.15) is 10.3 Å². The van der Waals surface area contributed by atoms with E-state index in [2.05, 4.69) is 179 Å². The molecular formula is C52H38N2S. The Morgan fingerprint density at radius 2 is 0.927 bits per heavy atom. The average molecular weight is 723 g/mol. The molecule has 2 aromatic heterocycles. The molecule has 9 aromatic rings. The number of hydrogen-bond acceptors (Lipinski definition) is 3. The molecule has 0 radical (unpaired) electrons. The van der Waals surface area contributed by atoms with Crippen LogP contribution in [0.3, 0.4) is 0 Å². The molecule has 0 unspecified atom stereocenters. The van der Waals surface area contributed by atoms with Crippen molar-refractivity contribution in [3.05, 3.63) is 180 Å². The number of thiophene rings is 1. The van der Waals surface area contributed by atoms with Crippen LogP contribution in [-0.2, 0) is 10.8 Å². The average Bonchev–Trinajstić information content (AvgIpc) is 3.80. The van der Waals surface area contributed by atoms with E-state index in [0.717, 1.165) is 27.0 Å². The highest BCUT2D eigenvalue weighted by atomic mass is 32.1. The van der Waals surface area contributed by atoms with Crippen LogP contribution in [-0.4, -0.2) is 9.97 Å². The summed E-state index contributed by atoms with van der Waals surface area (Å²) in [5, 5.41) is 1.14. The molecule has 0 saturated carbocycles. The van der Waals surface area contributed by atoms with Crippen LogP contribution >= 0.6 is 11.3 Å². The van der Waals surface area contributed by atoms with Gasteiger partial charge in [-0.05, 0) is 102 Å². The van der Waals surface area contributed by atoms with E-state index in [4.69, 9.17) is 9.97 Å². The molecule has 0 bridgehead atoms. The minimum absolute atomic E-state index is 0.0769. The molecule has 0 fully saturated rings. The number of nitrogens with zero attached hydrogens (tertiary/aromatic N) is 2. The predicted molar refractivity (Wildman–Crippen MR) is 232 cm³/mol. The Balaban J connectivity index is 0.980. The van der Waals surface area contributed by atoms with Gasteiger partial charge in [0, 0.05) is 26.5 Å². The normalized spacial score (nSPS) is 14.5. The molecule has 7 aromatic carbocycles. The standard InChI is InChI=1S/C52H38N2S/c1-51(2)43-23-7-5-17-38(43)40-21-11-19-36(47(40)51)33-14-9-13-31(27-33)32-25-26-46-42(29-32)49-50(55-46)53-30-45(54-49)35-16-10-15-34(28-35)37-20-12-22-41-39-18-6-8-24-44(39)52(3,4)48(37)41/h5-30H,1-4H3. The van der Waals surface area contributed by atoms with Crippen LogP contribution < -0.4 is 0 Å². The summed E-state index contributed by atoms with van der Waals surface area (Å²) < 4.78 is 1.20. The van der Waals surface area contributed by atoms with Crippen LogP contribution in [0.15, 0.2) is 158 Å². The van der Waals surface area contributed by atoms with Crippen LogP contribution in [0, 0.1) is 0 Å². The summed E-state index contributed by atoms with van der Waals surface area (Å²) in [4.78, 5) is 11.3. The fraction of sp³-hybridized carbons (Fsp3) is 0.115. The second-order valence-electron chi connectivity index (χ2n) is 16.2. The Morgan fingerprint density at radius 3 is 1.56 bits per heavy atom. The third-order valence-electron chi connectivity index (χ3n) is 12.3. The molecule has 55 heavy (non-hydrogen) atoms. The third kappa shape index (κ3) is 4.73. The second-order valence-corrected chi connectivity index (χ2v) is 17.2. The molecule has 11 rings (SSSR count). The summed E-state index contributed by atoms with van der Waals surface area (Å²) in [7, 11) is 0. The Labute approximate surface area is 325 Å². The zero-order valence-electron chi connectivity index (χ0n) is 31.3. The van der Waals surface area contributed by atoms with Gasteiger partial charge in [-0.25, -0.2) is 9.97 Å². The second kappa shape index (κ2) is 11.7. The highest BCUT2D eigenvalue weighted by Gasteiger charge is 2.38. The molecule has 2 heterocycles. The van der Waals surface area contributed by atoms with Crippen molar-refractivity contribution in [2.24, 2.45) is 0 Å². The lowest BCUT2D eigenvalue weighted by Crippen LogP contribution is -2.16. The summed E-state index contributed by atoms with van der Waals surface area (Å²) in [5.74, 6) is 0. The summed E-state index contributed by atoms with van der Waals surface area (Å²) in [5.41, 5.74) is 21.1. The van der Waals surface area contributed by atoms with Gasteiger partial charge >= 0.3 is 0 Å². The van der Waals surface area contributed by atoms with Crippen molar-refractivity contribution in [3.63, 3.8) is 0 Å². The topological polar surface area (TPSA) is 25.8 Å². The first-order chi connectivity index (χ1) is 26.8. The fourth-order valence-corrected chi connectivity index (χ4v) is 10.7. The van der Waals surface area contributed by atoms with E-state index in [1.54, 1.807) is 11.3 Å². The molecule has 2 aliphatic carbocycles. The highest BCUT2D eigenvalue weighted by Crippen LogP contribution is 2.53. The first-order valence-corrected chi connectivity index (χ1v) is 20.0. The highest BCUT2D eigenvalue weighted by molar-refractivity contribution is 7.25. The minimum atomic E-state index is -0.0897. The molecular weight excluding hydrogens is 685 g/mol. The molecule has 3 heteroatoms. The van der Waals surface area contributed by atoms with Crippen LogP contribution in [0.1, 0.15) is 49.9 Å². The van der Waals surface area contributed by atoms with Crippen molar-refractivity contribution < 1.29 is 0 Å². The first-order valence-electron chi connectivity index (χ1n) is 19.1. The van der Waals surface area contributed by atoms with E-state index in [9.17, 15) is 0 Å². The lowest BCUT2D eigenvalue weighted by atomic mass is 9.78. The monoisotopic (exact) mass is 722 g/mol. The van der Waals surface area contributed by atoms with Crippen LogP contribution in [0.5, 0.6) is 0 Å². The molecule has 0 aliphatic heterocycles. The van der Waals surface area contributed by atoms with Crippen molar-refractivity contribution in [3.8, 4) is 66.9 Å². The third-order valence-corrected chi connectivity index (χ3v) is 13.4. The number of fused-ring (bicyclic) bond motifs is 9. The quantitative estimate of drug-likeness (QED) is 0.181. The Kier molecular flexibility index (Phi) is 6.85. The summed E-state index contributed by atoms with van der Waals surface area (Å²) >= 11 is 1.71. The molecule has 0 saturated heterocycles. The zero-order valence-corrected chi connectivity index (χ0v) is 32.1. The van der Waals surface area contributed by atoms with Crippen molar-refractivity contribution in [1.82, 2.24) is 9.97 Å². The van der Waals surface area contributed by atoms with Gasteiger partial charge in [0.15, 0.2) is 0 Å². The lowest BCUT2D eigenvalue weighted by molar-refractivity contribution is 0.662. The number of benzene rings is 7. The Hall–Kier alpha value is -6.16. The number of hydrogen-bond donors (Lipinski definition) is 0. The molecule has 0 amide bonds. The van der Waals surface area contributed by atoms with Gasteiger partial charge < -0.3 is 0 Å². The summed E-state index contributed by atoms with van der Waals surface area (Å²) in [6.45, 7) is 9.42. The van der Waals surface area contributed by atoms with E-state index >= 15 is 0 Å². The van der Waals surface area contributed by atoms with E-state index in [1.807, 2.05) is 6.20 Å². The van der Waals surface area contributed by atoms with Gasteiger partial charge in [-0.2, -0.15) is 0 Å². The minimum Gasteiger partial charge on any atom is -0.243 e. The van der Waals surface area contributed by atoms with Gasteiger partial charge in [-0.15, -0.1) is 11.3 Å². The van der Waals surface area contributed by atoms with Crippen molar-refractivity contribution in [2.45, 2.75) is 38.5 Å². The van der Waals surface area contributed by atoms with Gasteiger partial charge in [-0.1, -0.05) is 155 Å². The molecule has 2 nitrogen and oxygen atoms in total. The predicted octanol–water partition coefficient (Wildman–Crippen LogP) is 14.1. The van der Waals surface area contributed by atoms with Gasteiger partial charge in [0.25, 0.3) is 0 Å². The smallest absolute Gasteiger partial charge is 0.143 e.